The van der Waals surface area contributed by atoms with E-state index in [4.69, 9.17) is 9.84 Å². The van der Waals surface area contributed by atoms with Gasteiger partial charge in [0.1, 0.15) is 5.75 Å². The quantitative estimate of drug-likeness (QED) is 0.805. The lowest BCUT2D eigenvalue weighted by Crippen LogP contribution is -2.28. The number of ether oxygens (including phenoxy) is 1. The summed E-state index contributed by atoms with van der Waals surface area (Å²) in [6.07, 6.45) is 1.18. The minimum atomic E-state index is -0.879. The van der Waals surface area contributed by atoms with Gasteiger partial charge in [0.15, 0.2) is 0 Å². The Morgan fingerprint density at radius 3 is 2.53 bits per heavy atom. The molecule has 0 aromatic heterocycles. The molecule has 1 aliphatic rings. The lowest BCUT2D eigenvalue weighted by molar-refractivity contribution is -0.140. The fourth-order valence-corrected chi connectivity index (χ4v) is 2.01. The van der Waals surface area contributed by atoms with Gasteiger partial charge in [0, 0.05) is 6.54 Å². The van der Waals surface area contributed by atoms with Gasteiger partial charge in [-0.15, -0.1) is 0 Å². The van der Waals surface area contributed by atoms with E-state index in [9.17, 15) is 9.59 Å². The third-order valence-corrected chi connectivity index (χ3v) is 3.32. The normalized spacial score (nSPS) is 20.7. The number of hydrogen-bond donors (Lipinski definition) is 2. The number of rotatable bonds is 6. The van der Waals surface area contributed by atoms with E-state index in [1.54, 1.807) is 7.11 Å². The first-order chi connectivity index (χ1) is 9.11. The van der Waals surface area contributed by atoms with E-state index in [0.29, 0.717) is 13.0 Å². The van der Waals surface area contributed by atoms with Gasteiger partial charge in [0.2, 0.25) is 5.91 Å². The monoisotopic (exact) mass is 263 g/mol. The molecular formula is C14H17NO4. The summed E-state index contributed by atoms with van der Waals surface area (Å²) in [5.41, 5.74) is 1.10. The number of amides is 1. The molecule has 0 bridgehead atoms. The molecule has 1 fully saturated rings. The van der Waals surface area contributed by atoms with Crippen LogP contribution >= 0.6 is 0 Å². The maximum absolute atomic E-state index is 11.6. The molecule has 2 N–H and O–H groups in total. The summed E-state index contributed by atoms with van der Waals surface area (Å²) >= 11 is 0. The fourth-order valence-electron chi connectivity index (χ4n) is 2.01. The van der Waals surface area contributed by atoms with Gasteiger partial charge in [-0.2, -0.15) is 0 Å². The Labute approximate surface area is 111 Å². The maximum atomic E-state index is 11.6. The van der Waals surface area contributed by atoms with Crippen molar-refractivity contribution in [2.75, 3.05) is 13.7 Å². The number of methoxy groups -OCH3 is 1. The highest BCUT2D eigenvalue weighted by molar-refractivity contribution is 5.89. The van der Waals surface area contributed by atoms with Crippen molar-refractivity contribution in [3.8, 4) is 5.75 Å². The van der Waals surface area contributed by atoms with E-state index in [1.165, 1.54) is 0 Å². The molecule has 1 amide bonds. The lowest BCUT2D eigenvalue weighted by atomic mass is 10.1. The van der Waals surface area contributed by atoms with Gasteiger partial charge in [-0.1, -0.05) is 12.1 Å². The first-order valence-electron chi connectivity index (χ1n) is 6.25. The van der Waals surface area contributed by atoms with Gasteiger partial charge in [-0.05, 0) is 30.5 Å². The standard InChI is InChI=1S/C14H17NO4/c1-19-10-4-2-9(3-5-10)6-7-15-13(16)11-8-12(11)14(17)18/h2-5,11-12H,6-8H2,1H3,(H,15,16)(H,17,18)/t11-,12+/m0/s1. The van der Waals surface area contributed by atoms with Crippen molar-refractivity contribution in [1.82, 2.24) is 5.32 Å². The van der Waals surface area contributed by atoms with Crippen LogP contribution in [0.2, 0.25) is 0 Å². The molecule has 1 aromatic rings. The summed E-state index contributed by atoms with van der Waals surface area (Å²) in [4.78, 5) is 22.3. The molecule has 0 radical (unpaired) electrons. The van der Waals surface area contributed by atoms with Crippen LogP contribution in [0.3, 0.4) is 0 Å². The molecule has 5 nitrogen and oxygen atoms in total. The van der Waals surface area contributed by atoms with Crippen LogP contribution < -0.4 is 10.1 Å². The molecule has 102 valence electrons. The molecular weight excluding hydrogens is 246 g/mol. The number of nitrogens with one attached hydrogen (secondary N) is 1. The number of carbonyl (C=O) groups excluding carboxylic acids is 1. The molecule has 2 atom stereocenters. The minimum Gasteiger partial charge on any atom is -0.497 e. The van der Waals surface area contributed by atoms with E-state index in [2.05, 4.69) is 5.32 Å². The molecule has 0 aliphatic heterocycles. The number of carbonyl (C=O) groups is 2. The van der Waals surface area contributed by atoms with Gasteiger partial charge >= 0.3 is 5.97 Å². The average Bonchev–Trinajstić information content (AvgIpc) is 3.20. The average molecular weight is 263 g/mol. The predicted octanol–water partition coefficient (Wildman–Crippen LogP) is 1.07. The molecule has 5 heteroatoms. The van der Waals surface area contributed by atoms with Gasteiger partial charge < -0.3 is 15.2 Å². The Morgan fingerprint density at radius 2 is 2.00 bits per heavy atom. The van der Waals surface area contributed by atoms with Crippen LogP contribution in [0.5, 0.6) is 5.75 Å². The molecule has 19 heavy (non-hydrogen) atoms. The molecule has 1 aliphatic carbocycles. The number of aliphatic carboxylic acids is 1. The summed E-state index contributed by atoms with van der Waals surface area (Å²) in [5.74, 6) is -1.05. The third-order valence-electron chi connectivity index (χ3n) is 3.32. The van der Waals surface area contributed by atoms with Crippen molar-refractivity contribution >= 4 is 11.9 Å². The lowest BCUT2D eigenvalue weighted by Gasteiger charge is -2.05. The Bertz CT molecular complexity index is 469. The van der Waals surface area contributed by atoms with E-state index in [1.807, 2.05) is 24.3 Å². The summed E-state index contributed by atoms with van der Waals surface area (Å²) in [7, 11) is 1.61. The Balaban J connectivity index is 1.71. The van der Waals surface area contributed by atoms with Crippen LogP contribution in [0.4, 0.5) is 0 Å². The molecule has 1 saturated carbocycles. The van der Waals surface area contributed by atoms with Crippen LogP contribution in [0.15, 0.2) is 24.3 Å². The van der Waals surface area contributed by atoms with Gasteiger partial charge in [-0.3, -0.25) is 9.59 Å². The second kappa shape index (κ2) is 5.73. The summed E-state index contributed by atoms with van der Waals surface area (Å²) in [6.45, 7) is 0.522. The van der Waals surface area contributed by atoms with E-state index in [0.717, 1.165) is 17.7 Å². The summed E-state index contributed by atoms with van der Waals surface area (Å²) < 4.78 is 5.06. The van der Waals surface area contributed by atoms with Crippen molar-refractivity contribution in [3.05, 3.63) is 29.8 Å². The fraction of sp³-hybridized carbons (Fsp3) is 0.429. The second-order valence-electron chi connectivity index (χ2n) is 4.68. The highest BCUT2D eigenvalue weighted by atomic mass is 16.5. The Morgan fingerprint density at radius 1 is 1.32 bits per heavy atom. The van der Waals surface area contributed by atoms with Crippen molar-refractivity contribution in [2.45, 2.75) is 12.8 Å². The first kappa shape index (κ1) is 13.4. The van der Waals surface area contributed by atoms with Crippen molar-refractivity contribution in [3.63, 3.8) is 0 Å². The molecule has 0 unspecified atom stereocenters. The largest absolute Gasteiger partial charge is 0.497 e. The van der Waals surface area contributed by atoms with Crippen LogP contribution in [0.1, 0.15) is 12.0 Å². The summed E-state index contributed by atoms with van der Waals surface area (Å²) in [5, 5.41) is 11.5. The number of carboxylic acids is 1. The smallest absolute Gasteiger partial charge is 0.307 e. The van der Waals surface area contributed by atoms with Gasteiger partial charge in [0.05, 0.1) is 18.9 Å². The molecule has 0 heterocycles. The number of hydrogen-bond acceptors (Lipinski definition) is 3. The Hall–Kier alpha value is -2.04. The second-order valence-corrected chi connectivity index (χ2v) is 4.68. The van der Waals surface area contributed by atoms with Crippen molar-refractivity contribution < 1.29 is 19.4 Å². The topological polar surface area (TPSA) is 75.6 Å². The van der Waals surface area contributed by atoms with Crippen molar-refractivity contribution in [2.24, 2.45) is 11.8 Å². The zero-order valence-corrected chi connectivity index (χ0v) is 10.8. The van der Waals surface area contributed by atoms with Gasteiger partial charge in [0.25, 0.3) is 0 Å². The van der Waals surface area contributed by atoms with Gasteiger partial charge in [-0.25, -0.2) is 0 Å². The highest BCUT2D eigenvalue weighted by Crippen LogP contribution is 2.38. The van der Waals surface area contributed by atoms with Crippen LogP contribution in [0, 0.1) is 11.8 Å². The van der Waals surface area contributed by atoms with Crippen LogP contribution in [0.25, 0.3) is 0 Å². The SMILES string of the molecule is COc1ccc(CCNC(=O)[C@H]2C[C@H]2C(=O)O)cc1. The first-order valence-corrected chi connectivity index (χ1v) is 6.25. The van der Waals surface area contributed by atoms with Crippen LogP contribution in [-0.4, -0.2) is 30.6 Å². The minimum absolute atomic E-state index is 0.152. The number of carboxylic acid groups (broad SMARTS) is 1. The molecule has 1 aromatic carbocycles. The predicted molar refractivity (Wildman–Crippen MR) is 68.9 cm³/mol. The Kier molecular flexibility index (Phi) is 4.04. The van der Waals surface area contributed by atoms with E-state index < -0.39 is 11.9 Å². The van der Waals surface area contributed by atoms with E-state index in [-0.39, 0.29) is 11.8 Å². The zero-order chi connectivity index (χ0) is 13.8. The number of benzene rings is 1. The zero-order valence-electron chi connectivity index (χ0n) is 10.8. The maximum Gasteiger partial charge on any atom is 0.307 e. The molecule has 0 spiro atoms. The summed E-state index contributed by atoms with van der Waals surface area (Å²) in [6, 6.07) is 7.64. The van der Waals surface area contributed by atoms with Crippen molar-refractivity contribution in [1.29, 1.82) is 0 Å². The van der Waals surface area contributed by atoms with Crippen LogP contribution in [-0.2, 0) is 16.0 Å². The molecule has 0 saturated heterocycles. The third kappa shape index (κ3) is 3.47. The molecule has 2 rings (SSSR count). The highest BCUT2D eigenvalue weighted by Gasteiger charge is 2.48. The van der Waals surface area contributed by atoms with E-state index >= 15 is 0 Å².